The molecule has 1 amide bonds. The number of benzene rings is 3. The Labute approximate surface area is 206 Å². The minimum atomic E-state index is -3.99. The van der Waals surface area contributed by atoms with Gasteiger partial charge in [-0.2, -0.15) is 0 Å². The van der Waals surface area contributed by atoms with Crippen LogP contribution in [0.4, 0.5) is 17.1 Å². The largest absolute Gasteiger partial charge is 0.372 e. The number of aryl methyl sites for hydroxylation is 2. The van der Waals surface area contributed by atoms with E-state index in [0.29, 0.717) is 22.0 Å². The molecule has 0 radical (unpaired) electrons. The van der Waals surface area contributed by atoms with Gasteiger partial charge >= 0.3 is 0 Å². The lowest BCUT2D eigenvalue weighted by molar-refractivity contribution is -0.114. The molecule has 0 aromatic heterocycles. The van der Waals surface area contributed by atoms with Crippen LogP contribution in [0.1, 0.15) is 24.0 Å². The molecule has 0 saturated carbocycles. The molecule has 1 fully saturated rings. The van der Waals surface area contributed by atoms with Crippen molar-refractivity contribution in [2.24, 2.45) is 0 Å². The van der Waals surface area contributed by atoms with Gasteiger partial charge in [-0.1, -0.05) is 29.3 Å². The van der Waals surface area contributed by atoms with E-state index < -0.39 is 15.9 Å². The predicted octanol–water partition coefficient (Wildman–Crippen LogP) is 5.39. The molecule has 1 heterocycles. The molecular formula is C26H28ClN3O3S. The zero-order chi connectivity index (χ0) is 24.3. The van der Waals surface area contributed by atoms with Crippen molar-refractivity contribution in [3.8, 4) is 0 Å². The number of nitrogens with zero attached hydrogens (tertiary/aromatic N) is 2. The van der Waals surface area contributed by atoms with Crippen LogP contribution in [0.2, 0.25) is 5.02 Å². The Hall–Kier alpha value is -3.03. The highest BCUT2D eigenvalue weighted by Crippen LogP contribution is 2.29. The fourth-order valence-electron chi connectivity index (χ4n) is 4.10. The number of hydrogen-bond acceptors (Lipinski definition) is 4. The zero-order valence-electron chi connectivity index (χ0n) is 19.3. The van der Waals surface area contributed by atoms with Gasteiger partial charge in [-0.05, 0) is 86.8 Å². The molecule has 0 spiro atoms. The number of nitrogens with one attached hydrogen (secondary N) is 1. The summed E-state index contributed by atoms with van der Waals surface area (Å²) < 4.78 is 28.3. The third kappa shape index (κ3) is 5.37. The molecule has 4 rings (SSSR count). The Morgan fingerprint density at radius 2 is 1.62 bits per heavy atom. The van der Waals surface area contributed by atoms with Gasteiger partial charge in [-0.25, -0.2) is 8.42 Å². The Kier molecular flexibility index (Phi) is 7.14. The predicted molar refractivity (Wildman–Crippen MR) is 138 cm³/mol. The quantitative estimate of drug-likeness (QED) is 0.475. The van der Waals surface area contributed by atoms with E-state index in [1.54, 1.807) is 49.4 Å². The lowest BCUT2D eigenvalue weighted by atomic mass is 10.2. The summed E-state index contributed by atoms with van der Waals surface area (Å²) >= 11 is 6.09. The lowest BCUT2D eigenvalue weighted by Crippen LogP contribution is -2.38. The van der Waals surface area contributed by atoms with Gasteiger partial charge < -0.3 is 10.2 Å². The first-order valence-corrected chi connectivity index (χ1v) is 13.1. The first kappa shape index (κ1) is 24.1. The van der Waals surface area contributed by atoms with Gasteiger partial charge in [0.1, 0.15) is 6.54 Å². The lowest BCUT2D eigenvalue weighted by Gasteiger charge is -2.26. The van der Waals surface area contributed by atoms with Crippen molar-refractivity contribution in [2.75, 3.05) is 34.2 Å². The SMILES string of the molecule is Cc1ccc(S(=O)(=O)N(CC(=O)Nc2ccc(N3CCCC3)cc2)c2ccc(Cl)cc2C)cc1. The van der Waals surface area contributed by atoms with Crippen LogP contribution in [-0.2, 0) is 14.8 Å². The summed E-state index contributed by atoms with van der Waals surface area (Å²) in [5, 5.41) is 3.33. The Bertz CT molecular complexity index is 1270. The molecule has 1 N–H and O–H groups in total. The molecule has 8 heteroatoms. The number of anilines is 3. The summed E-state index contributed by atoms with van der Waals surface area (Å²) in [5.41, 5.74) is 3.75. The molecular weight excluding hydrogens is 470 g/mol. The van der Waals surface area contributed by atoms with Crippen LogP contribution >= 0.6 is 11.6 Å². The molecule has 0 atom stereocenters. The maximum absolute atomic E-state index is 13.6. The second kappa shape index (κ2) is 10.1. The fraction of sp³-hybridized carbons (Fsp3) is 0.269. The average Bonchev–Trinajstić information content (AvgIpc) is 3.34. The summed E-state index contributed by atoms with van der Waals surface area (Å²) in [6.07, 6.45) is 2.38. The molecule has 178 valence electrons. The van der Waals surface area contributed by atoms with Crippen LogP contribution in [0, 0.1) is 13.8 Å². The molecule has 3 aromatic carbocycles. The maximum Gasteiger partial charge on any atom is 0.264 e. The van der Waals surface area contributed by atoms with Gasteiger partial charge in [0, 0.05) is 29.5 Å². The number of halogens is 1. The standard InChI is InChI=1S/C26H28ClN3O3S/c1-19-5-12-24(13-6-19)34(32,33)30(25-14-7-21(27)17-20(25)2)18-26(31)28-22-8-10-23(11-9-22)29-15-3-4-16-29/h5-14,17H,3-4,15-16,18H2,1-2H3,(H,28,31). The van der Waals surface area contributed by atoms with Crippen molar-refractivity contribution >= 4 is 44.6 Å². The molecule has 0 aliphatic carbocycles. The van der Waals surface area contributed by atoms with E-state index in [1.807, 2.05) is 31.2 Å². The van der Waals surface area contributed by atoms with Gasteiger partial charge in [0.2, 0.25) is 5.91 Å². The fourth-order valence-corrected chi connectivity index (χ4v) is 5.81. The molecule has 1 saturated heterocycles. The summed E-state index contributed by atoms with van der Waals surface area (Å²) in [6, 6.07) is 19.2. The number of amides is 1. The normalized spacial score (nSPS) is 13.7. The van der Waals surface area contributed by atoms with Crippen molar-refractivity contribution in [3.05, 3.63) is 82.9 Å². The van der Waals surface area contributed by atoms with Crippen LogP contribution in [0.5, 0.6) is 0 Å². The smallest absolute Gasteiger partial charge is 0.264 e. The minimum Gasteiger partial charge on any atom is -0.372 e. The van der Waals surface area contributed by atoms with Crippen LogP contribution in [-0.4, -0.2) is 34.0 Å². The van der Waals surface area contributed by atoms with E-state index >= 15 is 0 Å². The zero-order valence-corrected chi connectivity index (χ0v) is 20.9. The third-order valence-corrected chi connectivity index (χ3v) is 7.96. The molecule has 34 heavy (non-hydrogen) atoms. The van der Waals surface area contributed by atoms with Crippen molar-refractivity contribution in [2.45, 2.75) is 31.6 Å². The Balaban J connectivity index is 1.59. The van der Waals surface area contributed by atoms with Gasteiger partial charge in [0.25, 0.3) is 10.0 Å². The molecule has 0 unspecified atom stereocenters. The van der Waals surface area contributed by atoms with Crippen LogP contribution in [0.15, 0.2) is 71.6 Å². The van der Waals surface area contributed by atoms with Crippen molar-refractivity contribution in [1.29, 1.82) is 0 Å². The first-order valence-electron chi connectivity index (χ1n) is 11.2. The number of rotatable bonds is 7. The Morgan fingerprint density at radius 1 is 0.971 bits per heavy atom. The molecule has 1 aliphatic heterocycles. The molecule has 6 nitrogen and oxygen atoms in total. The third-order valence-electron chi connectivity index (χ3n) is 5.95. The number of hydrogen-bond donors (Lipinski definition) is 1. The summed E-state index contributed by atoms with van der Waals surface area (Å²) in [5.74, 6) is -0.432. The Morgan fingerprint density at radius 3 is 2.24 bits per heavy atom. The van der Waals surface area contributed by atoms with Gasteiger partial charge in [-0.15, -0.1) is 0 Å². The van der Waals surface area contributed by atoms with Crippen LogP contribution in [0.3, 0.4) is 0 Å². The van der Waals surface area contributed by atoms with E-state index in [9.17, 15) is 13.2 Å². The number of carbonyl (C=O) groups excluding carboxylic acids is 1. The molecule has 0 bridgehead atoms. The van der Waals surface area contributed by atoms with Crippen LogP contribution in [0.25, 0.3) is 0 Å². The minimum absolute atomic E-state index is 0.121. The van der Waals surface area contributed by atoms with E-state index in [-0.39, 0.29) is 11.4 Å². The average molecular weight is 498 g/mol. The van der Waals surface area contributed by atoms with Crippen molar-refractivity contribution < 1.29 is 13.2 Å². The molecule has 3 aromatic rings. The van der Waals surface area contributed by atoms with Gasteiger partial charge in [0.15, 0.2) is 0 Å². The second-order valence-electron chi connectivity index (χ2n) is 8.54. The van der Waals surface area contributed by atoms with E-state index in [0.717, 1.165) is 28.6 Å². The monoisotopic (exact) mass is 497 g/mol. The van der Waals surface area contributed by atoms with E-state index in [1.165, 1.54) is 12.8 Å². The highest BCUT2D eigenvalue weighted by molar-refractivity contribution is 7.92. The summed E-state index contributed by atoms with van der Waals surface area (Å²) in [4.78, 5) is 15.4. The number of sulfonamides is 1. The first-order chi connectivity index (χ1) is 16.2. The topological polar surface area (TPSA) is 69.7 Å². The summed E-state index contributed by atoms with van der Waals surface area (Å²) in [7, 11) is -3.99. The highest BCUT2D eigenvalue weighted by Gasteiger charge is 2.28. The highest BCUT2D eigenvalue weighted by atomic mass is 35.5. The van der Waals surface area contributed by atoms with Gasteiger partial charge in [-0.3, -0.25) is 9.10 Å². The van der Waals surface area contributed by atoms with Gasteiger partial charge in [0.05, 0.1) is 10.6 Å². The second-order valence-corrected chi connectivity index (χ2v) is 10.8. The van der Waals surface area contributed by atoms with Crippen molar-refractivity contribution in [3.63, 3.8) is 0 Å². The molecule has 1 aliphatic rings. The van der Waals surface area contributed by atoms with E-state index in [4.69, 9.17) is 11.6 Å². The maximum atomic E-state index is 13.6. The number of carbonyl (C=O) groups is 1. The summed E-state index contributed by atoms with van der Waals surface area (Å²) in [6.45, 7) is 5.37. The van der Waals surface area contributed by atoms with Crippen LogP contribution < -0.4 is 14.5 Å². The van der Waals surface area contributed by atoms with Crippen molar-refractivity contribution in [1.82, 2.24) is 0 Å². The van der Waals surface area contributed by atoms with E-state index in [2.05, 4.69) is 10.2 Å².